The monoisotopic (exact) mass is 344 g/mol. The van der Waals surface area contributed by atoms with E-state index in [1.54, 1.807) is 13.0 Å². The summed E-state index contributed by atoms with van der Waals surface area (Å²) in [5.74, 6) is 0.731. The van der Waals surface area contributed by atoms with Gasteiger partial charge in [0, 0.05) is 55.2 Å². The van der Waals surface area contributed by atoms with Gasteiger partial charge in [-0.2, -0.15) is 0 Å². The lowest BCUT2D eigenvalue weighted by molar-refractivity contribution is -0.131. The smallest absolute Gasteiger partial charge is 0.222 e. The Balaban J connectivity index is 1.98. The van der Waals surface area contributed by atoms with Crippen LogP contribution in [0.15, 0.2) is 18.2 Å². The van der Waals surface area contributed by atoms with E-state index in [1.165, 1.54) is 6.07 Å². The van der Waals surface area contributed by atoms with E-state index in [9.17, 15) is 9.18 Å². The number of piperazine rings is 1. The number of nitrogens with zero attached hydrogens (tertiary/aromatic N) is 3. The van der Waals surface area contributed by atoms with Crippen LogP contribution in [0, 0.1) is 12.7 Å². The number of carbonyl (C=O) groups is 1. The molecule has 2 aromatic rings. The standard InChI is InChI=1S/C19H25FN4O/c1-4-17(25)23-7-9-24(10-8-23)19-15(13(3)21)11-14-5-6-16(20)12(2)18(14)22-19/h5-6,11,13H,4,7-10,21H2,1-3H3/t13-/m0/s1. The molecule has 1 aliphatic rings. The van der Waals surface area contributed by atoms with Gasteiger partial charge in [0.05, 0.1) is 5.52 Å². The van der Waals surface area contributed by atoms with Crippen LogP contribution in [0.1, 0.15) is 37.4 Å². The second-order valence-electron chi connectivity index (χ2n) is 6.66. The maximum Gasteiger partial charge on any atom is 0.222 e. The number of fused-ring (bicyclic) bond motifs is 1. The van der Waals surface area contributed by atoms with Gasteiger partial charge in [0.1, 0.15) is 11.6 Å². The molecule has 1 aromatic heterocycles. The Kier molecular flexibility index (Phi) is 4.90. The first-order chi connectivity index (χ1) is 11.9. The molecule has 1 aliphatic heterocycles. The first-order valence-corrected chi connectivity index (χ1v) is 8.80. The predicted molar refractivity (Wildman–Crippen MR) is 98.1 cm³/mol. The van der Waals surface area contributed by atoms with Crippen molar-refractivity contribution in [2.75, 3.05) is 31.1 Å². The van der Waals surface area contributed by atoms with Crippen LogP contribution in [0.5, 0.6) is 0 Å². The zero-order valence-corrected chi connectivity index (χ0v) is 15.1. The Hall–Kier alpha value is -2.21. The molecule has 1 atom stereocenters. The van der Waals surface area contributed by atoms with Crippen LogP contribution in [-0.2, 0) is 4.79 Å². The Morgan fingerprint density at radius 3 is 2.60 bits per heavy atom. The van der Waals surface area contributed by atoms with Gasteiger partial charge in [0.25, 0.3) is 0 Å². The van der Waals surface area contributed by atoms with Crippen molar-refractivity contribution in [3.05, 3.63) is 35.1 Å². The summed E-state index contributed by atoms with van der Waals surface area (Å²) in [4.78, 5) is 20.7. The van der Waals surface area contributed by atoms with E-state index in [-0.39, 0.29) is 17.8 Å². The maximum absolute atomic E-state index is 13.9. The van der Waals surface area contributed by atoms with E-state index < -0.39 is 0 Å². The van der Waals surface area contributed by atoms with Crippen molar-refractivity contribution >= 4 is 22.6 Å². The van der Waals surface area contributed by atoms with Crippen molar-refractivity contribution in [3.8, 4) is 0 Å². The van der Waals surface area contributed by atoms with Crippen molar-refractivity contribution in [1.29, 1.82) is 0 Å². The lowest BCUT2D eigenvalue weighted by atomic mass is 10.0. The molecule has 5 nitrogen and oxygen atoms in total. The van der Waals surface area contributed by atoms with Crippen LogP contribution in [0.25, 0.3) is 10.9 Å². The third kappa shape index (κ3) is 3.31. The highest BCUT2D eigenvalue weighted by Gasteiger charge is 2.24. The lowest BCUT2D eigenvalue weighted by Crippen LogP contribution is -2.49. The number of anilines is 1. The topological polar surface area (TPSA) is 62.5 Å². The van der Waals surface area contributed by atoms with Crippen molar-refractivity contribution in [1.82, 2.24) is 9.88 Å². The second-order valence-corrected chi connectivity index (χ2v) is 6.66. The van der Waals surface area contributed by atoms with E-state index in [1.807, 2.05) is 24.8 Å². The molecule has 0 spiro atoms. The zero-order chi connectivity index (χ0) is 18.1. The molecule has 1 amide bonds. The van der Waals surface area contributed by atoms with Gasteiger partial charge in [-0.05, 0) is 32.0 Å². The Morgan fingerprint density at radius 2 is 2.00 bits per heavy atom. The van der Waals surface area contributed by atoms with E-state index >= 15 is 0 Å². The average molecular weight is 344 g/mol. The molecule has 134 valence electrons. The fraction of sp³-hybridized carbons (Fsp3) is 0.474. The van der Waals surface area contributed by atoms with Crippen molar-refractivity contribution in [2.45, 2.75) is 33.2 Å². The summed E-state index contributed by atoms with van der Waals surface area (Å²) < 4.78 is 13.9. The largest absolute Gasteiger partial charge is 0.353 e. The van der Waals surface area contributed by atoms with E-state index in [0.29, 0.717) is 43.7 Å². The van der Waals surface area contributed by atoms with Gasteiger partial charge < -0.3 is 15.5 Å². The SMILES string of the molecule is CCC(=O)N1CCN(c2nc3c(C)c(F)ccc3cc2[C@H](C)N)CC1. The highest BCUT2D eigenvalue weighted by atomic mass is 19.1. The molecule has 6 heteroatoms. The molecule has 0 aliphatic carbocycles. The minimum Gasteiger partial charge on any atom is -0.353 e. The van der Waals surface area contributed by atoms with Gasteiger partial charge in [0.2, 0.25) is 5.91 Å². The molecule has 0 saturated carbocycles. The number of pyridine rings is 1. The van der Waals surface area contributed by atoms with Gasteiger partial charge >= 0.3 is 0 Å². The molecular weight excluding hydrogens is 319 g/mol. The fourth-order valence-electron chi connectivity index (χ4n) is 3.34. The molecule has 0 bridgehead atoms. The maximum atomic E-state index is 13.9. The molecule has 0 unspecified atom stereocenters. The highest BCUT2D eigenvalue weighted by molar-refractivity contribution is 5.85. The molecule has 1 fully saturated rings. The molecule has 0 radical (unpaired) electrons. The molecule has 2 heterocycles. The summed E-state index contributed by atoms with van der Waals surface area (Å²) in [7, 11) is 0. The molecule has 3 rings (SSSR count). The second kappa shape index (κ2) is 6.96. The number of halogens is 1. The number of amides is 1. The van der Waals surface area contributed by atoms with Crippen LogP contribution < -0.4 is 10.6 Å². The van der Waals surface area contributed by atoms with E-state index in [2.05, 4.69) is 4.90 Å². The first-order valence-electron chi connectivity index (χ1n) is 8.80. The van der Waals surface area contributed by atoms with Gasteiger partial charge in [-0.25, -0.2) is 9.37 Å². The quantitative estimate of drug-likeness (QED) is 0.930. The number of rotatable bonds is 3. The van der Waals surface area contributed by atoms with Crippen molar-refractivity contribution in [3.63, 3.8) is 0 Å². The number of carbonyl (C=O) groups excluding carboxylic acids is 1. The van der Waals surface area contributed by atoms with Gasteiger partial charge in [-0.3, -0.25) is 4.79 Å². The third-order valence-corrected chi connectivity index (χ3v) is 4.91. The summed E-state index contributed by atoms with van der Waals surface area (Å²) in [5.41, 5.74) is 8.35. The van der Waals surface area contributed by atoms with E-state index in [0.717, 1.165) is 16.8 Å². The van der Waals surface area contributed by atoms with Crippen LogP contribution in [0.4, 0.5) is 10.2 Å². The summed E-state index contributed by atoms with van der Waals surface area (Å²) in [6.07, 6.45) is 0.526. The summed E-state index contributed by atoms with van der Waals surface area (Å²) >= 11 is 0. The minimum absolute atomic E-state index is 0.174. The highest BCUT2D eigenvalue weighted by Crippen LogP contribution is 2.30. The van der Waals surface area contributed by atoms with Crippen molar-refractivity contribution < 1.29 is 9.18 Å². The normalized spacial score (nSPS) is 16.4. The molecule has 2 N–H and O–H groups in total. The van der Waals surface area contributed by atoms with Gasteiger partial charge in [-0.15, -0.1) is 0 Å². The molecule has 1 aromatic carbocycles. The minimum atomic E-state index is -0.252. The molecule has 1 saturated heterocycles. The summed E-state index contributed by atoms with van der Waals surface area (Å²) in [6, 6.07) is 5.06. The fourth-order valence-corrected chi connectivity index (χ4v) is 3.34. The number of aryl methyl sites for hydroxylation is 1. The van der Waals surface area contributed by atoms with E-state index in [4.69, 9.17) is 10.7 Å². The summed E-state index contributed by atoms with van der Waals surface area (Å²) in [5, 5.41) is 0.898. The first kappa shape index (κ1) is 17.6. The van der Waals surface area contributed by atoms with Crippen LogP contribution >= 0.6 is 0 Å². The number of hydrogen-bond donors (Lipinski definition) is 1. The third-order valence-electron chi connectivity index (χ3n) is 4.91. The summed E-state index contributed by atoms with van der Waals surface area (Å²) in [6.45, 7) is 8.32. The van der Waals surface area contributed by atoms with Crippen LogP contribution in [0.2, 0.25) is 0 Å². The van der Waals surface area contributed by atoms with Gasteiger partial charge in [-0.1, -0.05) is 6.92 Å². The predicted octanol–water partition coefficient (Wildman–Crippen LogP) is 2.76. The Labute approximate surface area is 147 Å². The molecule has 25 heavy (non-hydrogen) atoms. The lowest BCUT2D eigenvalue weighted by Gasteiger charge is -2.36. The number of aromatic nitrogens is 1. The number of benzene rings is 1. The Morgan fingerprint density at radius 1 is 1.32 bits per heavy atom. The van der Waals surface area contributed by atoms with Crippen molar-refractivity contribution in [2.24, 2.45) is 5.73 Å². The average Bonchev–Trinajstić information content (AvgIpc) is 2.63. The van der Waals surface area contributed by atoms with Crippen LogP contribution in [0.3, 0.4) is 0 Å². The Bertz CT molecular complexity index is 798. The van der Waals surface area contributed by atoms with Crippen LogP contribution in [-0.4, -0.2) is 42.0 Å². The number of nitrogens with two attached hydrogens (primary N) is 1. The molecular formula is C19H25FN4O. The zero-order valence-electron chi connectivity index (χ0n) is 15.1. The number of hydrogen-bond acceptors (Lipinski definition) is 4. The van der Waals surface area contributed by atoms with Gasteiger partial charge in [0.15, 0.2) is 0 Å².